The number of rotatable bonds is 4. The van der Waals surface area contributed by atoms with Crippen molar-refractivity contribution in [2.45, 2.75) is 19.4 Å². The normalized spacial score (nSPS) is 12.8. The van der Waals surface area contributed by atoms with E-state index in [0.717, 1.165) is 6.42 Å². The summed E-state index contributed by atoms with van der Waals surface area (Å²) in [7, 11) is 0. The minimum atomic E-state index is -0.501. The zero-order valence-electron chi connectivity index (χ0n) is 7.47. The Kier molecular flexibility index (Phi) is 3.02. The Balaban J connectivity index is 2.84. The van der Waals surface area contributed by atoms with Gasteiger partial charge in [0.1, 0.15) is 0 Å². The predicted octanol–water partition coefficient (Wildman–Crippen LogP) is -0.0746. The van der Waals surface area contributed by atoms with Gasteiger partial charge in [0.05, 0.1) is 24.4 Å². The van der Waals surface area contributed by atoms with Gasteiger partial charge in [-0.25, -0.2) is 0 Å². The quantitative estimate of drug-likeness (QED) is 0.685. The number of nitrogens with zero attached hydrogens (tertiary/aromatic N) is 2. The van der Waals surface area contributed by atoms with Gasteiger partial charge in [0.15, 0.2) is 0 Å². The van der Waals surface area contributed by atoms with Gasteiger partial charge in [-0.15, -0.1) is 0 Å². The van der Waals surface area contributed by atoms with Crippen LogP contribution in [0.2, 0.25) is 0 Å². The van der Waals surface area contributed by atoms with Crippen molar-refractivity contribution >= 4 is 5.91 Å². The second-order valence-corrected chi connectivity index (χ2v) is 2.82. The van der Waals surface area contributed by atoms with Crippen LogP contribution in [0.3, 0.4) is 0 Å². The zero-order chi connectivity index (χ0) is 9.84. The maximum Gasteiger partial charge on any atom is 0.251 e. The number of amides is 1. The molecule has 0 fully saturated rings. The minimum absolute atomic E-state index is 0.0103. The molecule has 0 spiro atoms. The second-order valence-electron chi connectivity index (χ2n) is 2.82. The Labute approximate surface area is 76.2 Å². The van der Waals surface area contributed by atoms with Gasteiger partial charge in [0.25, 0.3) is 5.91 Å². The second kappa shape index (κ2) is 4.04. The van der Waals surface area contributed by atoms with Crippen molar-refractivity contribution in [3.05, 3.63) is 18.0 Å². The predicted molar refractivity (Wildman–Crippen MR) is 47.2 cm³/mol. The Bertz CT molecular complexity index is 291. The molecule has 0 saturated heterocycles. The molecular weight excluding hydrogens is 170 g/mol. The van der Waals surface area contributed by atoms with Gasteiger partial charge in [-0.05, 0) is 6.42 Å². The van der Waals surface area contributed by atoms with Crippen LogP contribution in [0.15, 0.2) is 12.4 Å². The number of aliphatic hydroxyl groups is 1. The fourth-order valence-corrected chi connectivity index (χ4v) is 1.06. The van der Waals surface area contributed by atoms with Crippen molar-refractivity contribution in [1.82, 2.24) is 9.78 Å². The molecule has 0 radical (unpaired) electrons. The summed E-state index contributed by atoms with van der Waals surface area (Å²) in [4.78, 5) is 10.7. The molecular formula is C8H13N3O2. The molecule has 1 atom stereocenters. The van der Waals surface area contributed by atoms with E-state index in [-0.39, 0.29) is 12.6 Å². The number of hydrogen-bond donors (Lipinski definition) is 2. The van der Waals surface area contributed by atoms with Crippen LogP contribution in [-0.2, 0) is 0 Å². The number of carbonyl (C=O) groups is 1. The lowest BCUT2D eigenvalue weighted by Gasteiger charge is -2.10. The van der Waals surface area contributed by atoms with Gasteiger partial charge >= 0.3 is 0 Å². The minimum Gasteiger partial charge on any atom is -0.394 e. The SMILES string of the molecule is CCC(CO)n1cc(C(N)=O)cn1. The summed E-state index contributed by atoms with van der Waals surface area (Å²) in [5, 5.41) is 12.9. The first kappa shape index (κ1) is 9.73. The van der Waals surface area contributed by atoms with Crippen molar-refractivity contribution in [3.8, 4) is 0 Å². The summed E-state index contributed by atoms with van der Waals surface area (Å²) in [5.74, 6) is -0.501. The Morgan fingerprint density at radius 2 is 2.54 bits per heavy atom. The third-order valence-corrected chi connectivity index (χ3v) is 1.94. The number of primary amides is 1. The lowest BCUT2D eigenvalue weighted by Crippen LogP contribution is -2.13. The molecule has 0 aliphatic carbocycles. The highest BCUT2D eigenvalue weighted by atomic mass is 16.3. The van der Waals surface area contributed by atoms with E-state index in [0.29, 0.717) is 5.56 Å². The molecule has 5 nitrogen and oxygen atoms in total. The summed E-state index contributed by atoms with van der Waals surface area (Å²) in [6, 6.07) is -0.0758. The van der Waals surface area contributed by atoms with Crippen LogP contribution in [-0.4, -0.2) is 27.4 Å². The first-order chi connectivity index (χ1) is 6.19. The Morgan fingerprint density at radius 1 is 1.85 bits per heavy atom. The first-order valence-corrected chi connectivity index (χ1v) is 4.13. The highest BCUT2D eigenvalue weighted by molar-refractivity contribution is 5.92. The van der Waals surface area contributed by atoms with Crippen LogP contribution >= 0.6 is 0 Å². The standard InChI is InChI=1S/C8H13N3O2/c1-2-7(5-12)11-4-6(3-10-11)8(9)13/h3-4,7,12H,2,5H2,1H3,(H2,9,13). The van der Waals surface area contributed by atoms with Crippen LogP contribution in [0.1, 0.15) is 29.7 Å². The van der Waals surface area contributed by atoms with Crippen molar-refractivity contribution in [3.63, 3.8) is 0 Å². The maximum atomic E-state index is 10.7. The van der Waals surface area contributed by atoms with E-state index in [4.69, 9.17) is 10.8 Å². The molecule has 1 heterocycles. The average Bonchev–Trinajstić information content (AvgIpc) is 2.56. The fourth-order valence-electron chi connectivity index (χ4n) is 1.06. The molecule has 72 valence electrons. The van der Waals surface area contributed by atoms with E-state index in [9.17, 15) is 4.79 Å². The highest BCUT2D eigenvalue weighted by Crippen LogP contribution is 2.09. The van der Waals surface area contributed by atoms with Crippen molar-refractivity contribution in [1.29, 1.82) is 0 Å². The first-order valence-electron chi connectivity index (χ1n) is 4.13. The molecule has 13 heavy (non-hydrogen) atoms. The summed E-state index contributed by atoms with van der Waals surface area (Å²) in [6.45, 7) is 1.95. The molecule has 1 amide bonds. The highest BCUT2D eigenvalue weighted by Gasteiger charge is 2.10. The molecule has 1 aromatic heterocycles. The van der Waals surface area contributed by atoms with Crippen LogP contribution in [0, 0.1) is 0 Å². The zero-order valence-corrected chi connectivity index (χ0v) is 7.47. The van der Waals surface area contributed by atoms with E-state index >= 15 is 0 Å². The van der Waals surface area contributed by atoms with Crippen LogP contribution in [0.4, 0.5) is 0 Å². The van der Waals surface area contributed by atoms with Gasteiger partial charge in [-0.1, -0.05) is 6.92 Å². The smallest absolute Gasteiger partial charge is 0.251 e. The van der Waals surface area contributed by atoms with Crippen LogP contribution in [0.25, 0.3) is 0 Å². The van der Waals surface area contributed by atoms with E-state index in [1.54, 1.807) is 10.9 Å². The van der Waals surface area contributed by atoms with Crippen molar-refractivity contribution in [2.75, 3.05) is 6.61 Å². The number of hydrogen-bond acceptors (Lipinski definition) is 3. The maximum absolute atomic E-state index is 10.7. The molecule has 0 aliphatic heterocycles. The lowest BCUT2D eigenvalue weighted by molar-refractivity contribution is 0.1000. The number of aromatic nitrogens is 2. The lowest BCUT2D eigenvalue weighted by atomic mass is 10.2. The van der Waals surface area contributed by atoms with Gasteiger partial charge in [0.2, 0.25) is 0 Å². The Hall–Kier alpha value is -1.36. The van der Waals surface area contributed by atoms with Gasteiger partial charge < -0.3 is 10.8 Å². The fraction of sp³-hybridized carbons (Fsp3) is 0.500. The van der Waals surface area contributed by atoms with Gasteiger partial charge in [-0.2, -0.15) is 5.10 Å². The van der Waals surface area contributed by atoms with E-state index in [2.05, 4.69) is 5.10 Å². The molecule has 0 aliphatic rings. The average molecular weight is 183 g/mol. The largest absolute Gasteiger partial charge is 0.394 e. The molecule has 3 N–H and O–H groups in total. The topological polar surface area (TPSA) is 81.1 Å². The van der Waals surface area contributed by atoms with Crippen molar-refractivity contribution < 1.29 is 9.90 Å². The molecule has 0 saturated carbocycles. The molecule has 1 unspecified atom stereocenters. The molecule has 1 aromatic rings. The third kappa shape index (κ3) is 2.06. The van der Waals surface area contributed by atoms with Crippen LogP contribution < -0.4 is 5.73 Å². The molecule has 0 aromatic carbocycles. The number of carbonyl (C=O) groups excluding carboxylic acids is 1. The molecule has 1 rings (SSSR count). The monoisotopic (exact) mass is 183 g/mol. The van der Waals surface area contributed by atoms with Gasteiger partial charge in [0, 0.05) is 6.20 Å². The summed E-state index contributed by atoms with van der Waals surface area (Å²) < 4.78 is 1.56. The molecule has 0 bridgehead atoms. The number of aliphatic hydroxyl groups excluding tert-OH is 1. The third-order valence-electron chi connectivity index (χ3n) is 1.94. The number of nitrogens with two attached hydrogens (primary N) is 1. The van der Waals surface area contributed by atoms with E-state index in [1.165, 1.54) is 6.20 Å². The summed E-state index contributed by atoms with van der Waals surface area (Å²) in [5.41, 5.74) is 5.42. The summed E-state index contributed by atoms with van der Waals surface area (Å²) >= 11 is 0. The summed E-state index contributed by atoms with van der Waals surface area (Å²) in [6.07, 6.45) is 3.71. The molecule has 5 heteroatoms. The van der Waals surface area contributed by atoms with Crippen molar-refractivity contribution in [2.24, 2.45) is 5.73 Å². The van der Waals surface area contributed by atoms with Crippen LogP contribution in [0.5, 0.6) is 0 Å². The van der Waals surface area contributed by atoms with E-state index < -0.39 is 5.91 Å². The van der Waals surface area contributed by atoms with E-state index in [1.807, 2.05) is 6.92 Å². The van der Waals surface area contributed by atoms with Gasteiger partial charge in [-0.3, -0.25) is 9.48 Å². The Morgan fingerprint density at radius 3 is 2.92 bits per heavy atom.